The molecule has 0 saturated heterocycles. The number of thioether (sulfide) groups is 1. The molecule has 0 aromatic heterocycles. The van der Waals surface area contributed by atoms with Crippen LogP contribution in [-0.4, -0.2) is 18.1 Å². The van der Waals surface area contributed by atoms with Crippen LogP contribution in [0.2, 0.25) is 0 Å². The fourth-order valence-electron chi connectivity index (χ4n) is 1.56. The van der Waals surface area contributed by atoms with Gasteiger partial charge in [0.25, 0.3) is 0 Å². The van der Waals surface area contributed by atoms with Gasteiger partial charge in [-0.2, -0.15) is 24.9 Å². The summed E-state index contributed by atoms with van der Waals surface area (Å²) < 4.78 is 51.0. The number of nitrogens with one attached hydrogen (secondary N) is 1. The number of alkyl halides is 3. The molecule has 0 aliphatic carbocycles. The van der Waals surface area contributed by atoms with Gasteiger partial charge in [-0.3, -0.25) is 0 Å². The molecular formula is C12H15F4NS. The normalized spacial score (nSPS) is 13.7. The lowest BCUT2D eigenvalue weighted by Gasteiger charge is -2.16. The van der Waals surface area contributed by atoms with Crippen molar-refractivity contribution in [2.24, 2.45) is 0 Å². The summed E-state index contributed by atoms with van der Waals surface area (Å²) in [5.41, 5.74) is -0.844. The highest BCUT2D eigenvalue weighted by Gasteiger charge is 2.33. The summed E-state index contributed by atoms with van der Waals surface area (Å²) in [6.07, 6.45) is -2.60. The molecule has 1 aromatic carbocycles. The van der Waals surface area contributed by atoms with E-state index < -0.39 is 17.6 Å². The van der Waals surface area contributed by atoms with E-state index in [0.29, 0.717) is 6.07 Å². The molecule has 0 radical (unpaired) electrons. The molecule has 1 atom stereocenters. The number of hydrogen-bond acceptors (Lipinski definition) is 2. The summed E-state index contributed by atoms with van der Waals surface area (Å²) >= 11 is 1.61. The lowest BCUT2D eigenvalue weighted by molar-refractivity contribution is -0.138. The van der Waals surface area contributed by atoms with Crippen LogP contribution in [-0.2, 0) is 12.7 Å². The van der Waals surface area contributed by atoms with Crippen LogP contribution >= 0.6 is 11.8 Å². The van der Waals surface area contributed by atoms with Crippen LogP contribution in [0, 0.1) is 5.82 Å². The maximum absolute atomic E-state index is 12.9. The standard InChI is InChI=1S/C12H15F4NS/c1-8(7-18-2)17-6-9-3-4-10(13)5-11(9)12(14,15)16/h3-5,8,17H,6-7H2,1-2H3. The Labute approximate surface area is 108 Å². The molecule has 1 aromatic rings. The first-order valence-corrected chi connectivity index (χ1v) is 6.82. The molecule has 18 heavy (non-hydrogen) atoms. The van der Waals surface area contributed by atoms with Crippen LogP contribution in [0.25, 0.3) is 0 Å². The lowest BCUT2D eigenvalue weighted by atomic mass is 10.1. The summed E-state index contributed by atoms with van der Waals surface area (Å²) in [5, 5.41) is 2.99. The van der Waals surface area contributed by atoms with Gasteiger partial charge in [-0.15, -0.1) is 0 Å². The first-order valence-electron chi connectivity index (χ1n) is 5.42. The van der Waals surface area contributed by atoms with Crippen molar-refractivity contribution in [2.75, 3.05) is 12.0 Å². The second-order valence-corrected chi connectivity index (χ2v) is 4.95. The Balaban J connectivity index is 2.82. The van der Waals surface area contributed by atoms with Gasteiger partial charge in [-0.1, -0.05) is 6.07 Å². The second kappa shape index (κ2) is 6.43. The molecule has 0 aliphatic heterocycles. The van der Waals surface area contributed by atoms with E-state index >= 15 is 0 Å². The predicted octanol–water partition coefficient (Wildman–Crippen LogP) is 3.69. The molecule has 1 rings (SSSR count). The van der Waals surface area contributed by atoms with Crippen LogP contribution in [0.3, 0.4) is 0 Å². The molecule has 0 spiro atoms. The van der Waals surface area contributed by atoms with Gasteiger partial charge in [0, 0.05) is 18.3 Å². The number of benzene rings is 1. The zero-order valence-corrected chi connectivity index (χ0v) is 11.0. The molecule has 0 amide bonds. The van der Waals surface area contributed by atoms with Crippen LogP contribution in [0.4, 0.5) is 17.6 Å². The number of halogens is 4. The topological polar surface area (TPSA) is 12.0 Å². The van der Waals surface area contributed by atoms with Crippen molar-refractivity contribution in [2.45, 2.75) is 25.7 Å². The van der Waals surface area contributed by atoms with Crippen molar-refractivity contribution in [1.82, 2.24) is 5.32 Å². The van der Waals surface area contributed by atoms with Gasteiger partial charge in [0.05, 0.1) is 5.56 Å². The summed E-state index contributed by atoms with van der Waals surface area (Å²) in [5.74, 6) is -0.0639. The molecule has 0 aliphatic rings. The fraction of sp³-hybridized carbons (Fsp3) is 0.500. The third-order valence-electron chi connectivity index (χ3n) is 2.43. The highest BCUT2D eigenvalue weighted by atomic mass is 32.2. The third kappa shape index (κ3) is 4.49. The van der Waals surface area contributed by atoms with E-state index in [4.69, 9.17) is 0 Å². The molecule has 1 nitrogen and oxygen atoms in total. The van der Waals surface area contributed by atoms with Crippen LogP contribution in [0.15, 0.2) is 18.2 Å². The predicted molar refractivity (Wildman–Crippen MR) is 66.1 cm³/mol. The minimum Gasteiger partial charge on any atom is -0.309 e. The SMILES string of the molecule is CSCC(C)NCc1ccc(F)cc1C(F)(F)F. The van der Waals surface area contributed by atoms with Crippen molar-refractivity contribution in [1.29, 1.82) is 0 Å². The van der Waals surface area contributed by atoms with Gasteiger partial charge in [0.15, 0.2) is 0 Å². The molecule has 0 fully saturated rings. The molecular weight excluding hydrogens is 266 g/mol. The Morgan fingerprint density at radius 2 is 2.00 bits per heavy atom. The molecule has 0 heterocycles. The van der Waals surface area contributed by atoms with Crippen molar-refractivity contribution >= 4 is 11.8 Å². The zero-order chi connectivity index (χ0) is 13.8. The molecule has 102 valence electrons. The summed E-state index contributed by atoms with van der Waals surface area (Å²) in [7, 11) is 0. The Morgan fingerprint density at radius 1 is 1.33 bits per heavy atom. The number of hydrogen-bond donors (Lipinski definition) is 1. The van der Waals surface area contributed by atoms with Crippen LogP contribution < -0.4 is 5.32 Å². The molecule has 6 heteroatoms. The van der Waals surface area contributed by atoms with Crippen LogP contribution in [0.1, 0.15) is 18.1 Å². The Kier molecular flexibility index (Phi) is 5.47. The van der Waals surface area contributed by atoms with E-state index in [2.05, 4.69) is 5.32 Å². The fourth-order valence-corrected chi connectivity index (χ4v) is 2.18. The monoisotopic (exact) mass is 281 g/mol. The van der Waals surface area contributed by atoms with E-state index in [1.54, 1.807) is 11.8 Å². The quantitative estimate of drug-likeness (QED) is 0.826. The average molecular weight is 281 g/mol. The Hall–Kier alpha value is -0.750. The smallest absolute Gasteiger partial charge is 0.309 e. The average Bonchev–Trinajstić information content (AvgIpc) is 2.26. The number of rotatable bonds is 5. The minimum absolute atomic E-state index is 0.0665. The van der Waals surface area contributed by atoms with Gasteiger partial charge in [-0.05, 0) is 30.9 Å². The van der Waals surface area contributed by atoms with Crippen molar-refractivity contribution in [3.8, 4) is 0 Å². The van der Waals surface area contributed by atoms with Gasteiger partial charge in [0.2, 0.25) is 0 Å². The maximum atomic E-state index is 12.9. The maximum Gasteiger partial charge on any atom is 0.416 e. The second-order valence-electron chi connectivity index (χ2n) is 4.04. The van der Waals surface area contributed by atoms with Gasteiger partial charge in [-0.25, -0.2) is 4.39 Å². The first-order chi connectivity index (χ1) is 8.34. The first kappa shape index (κ1) is 15.3. The van der Waals surface area contributed by atoms with E-state index in [0.717, 1.165) is 11.8 Å². The summed E-state index contributed by atoms with van der Waals surface area (Å²) in [6, 6.07) is 2.87. The van der Waals surface area contributed by atoms with Gasteiger partial charge in [0.1, 0.15) is 5.82 Å². The highest BCUT2D eigenvalue weighted by molar-refractivity contribution is 7.98. The van der Waals surface area contributed by atoms with Gasteiger partial charge < -0.3 is 5.32 Å². The highest BCUT2D eigenvalue weighted by Crippen LogP contribution is 2.32. The van der Waals surface area contributed by atoms with Gasteiger partial charge >= 0.3 is 6.18 Å². The zero-order valence-electron chi connectivity index (χ0n) is 10.1. The van der Waals surface area contributed by atoms with E-state index in [-0.39, 0.29) is 18.2 Å². The van der Waals surface area contributed by atoms with E-state index in [1.807, 2.05) is 13.2 Å². The van der Waals surface area contributed by atoms with Crippen molar-refractivity contribution < 1.29 is 17.6 Å². The minimum atomic E-state index is -4.53. The van der Waals surface area contributed by atoms with Crippen molar-refractivity contribution in [3.05, 3.63) is 35.1 Å². The summed E-state index contributed by atoms with van der Waals surface area (Å²) in [4.78, 5) is 0. The van der Waals surface area contributed by atoms with Crippen LogP contribution in [0.5, 0.6) is 0 Å². The molecule has 1 unspecified atom stereocenters. The van der Waals surface area contributed by atoms with Crippen molar-refractivity contribution in [3.63, 3.8) is 0 Å². The molecule has 1 N–H and O–H groups in total. The largest absolute Gasteiger partial charge is 0.416 e. The lowest BCUT2D eigenvalue weighted by Crippen LogP contribution is -2.28. The molecule has 0 saturated carbocycles. The van der Waals surface area contributed by atoms with E-state index in [9.17, 15) is 17.6 Å². The summed E-state index contributed by atoms with van der Waals surface area (Å²) in [6.45, 7) is 1.98. The van der Waals surface area contributed by atoms with E-state index in [1.165, 1.54) is 6.07 Å². The Morgan fingerprint density at radius 3 is 2.56 bits per heavy atom. The molecule has 0 bridgehead atoms. The third-order valence-corrected chi connectivity index (χ3v) is 3.27. The Bertz CT molecular complexity index is 392.